The van der Waals surface area contributed by atoms with Crippen molar-refractivity contribution in [2.45, 2.75) is 51.0 Å². The quantitative estimate of drug-likeness (QED) is 0.796. The molecule has 1 saturated carbocycles. The second-order valence-corrected chi connectivity index (χ2v) is 6.27. The molecule has 2 aliphatic rings. The highest BCUT2D eigenvalue weighted by atomic mass is 32.2. The molecule has 4 nitrogen and oxygen atoms in total. The summed E-state index contributed by atoms with van der Waals surface area (Å²) in [5.74, 6) is 0. The molecule has 88 valence electrons. The van der Waals surface area contributed by atoms with Crippen LogP contribution >= 0.6 is 0 Å². The number of nitrogens with one attached hydrogen (secondary N) is 1. The van der Waals surface area contributed by atoms with Crippen LogP contribution in [0.2, 0.25) is 0 Å². The zero-order valence-corrected chi connectivity index (χ0v) is 9.93. The lowest BCUT2D eigenvalue weighted by atomic mass is 10.2. The van der Waals surface area contributed by atoms with Crippen molar-refractivity contribution in [3.63, 3.8) is 0 Å². The molecule has 1 N–H and O–H groups in total. The van der Waals surface area contributed by atoms with Gasteiger partial charge in [0.2, 0.25) is 0 Å². The van der Waals surface area contributed by atoms with Crippen LogP contribution in [0.15, 0.2) is 0 Å². The van der Waals surface area contributed by atoms with E-state index >= 15 is 0 Å². The molecule has 0 aromatic carbocycles. The van der Waals surface area contributed by atoms with E-state index < -0.39 is 10.2 Å². The van der Waals surface area contributed by atoms with Crippen molar-refractivity contribution in [2.24, 2.45) is 0 Å². The van der Waals surface area contributed by atoms with Crippen LogP contribution in [-0.4, -0.2) is 31.9 Å². The van der Waals surface area contributed by atoms with Crippen molar-refractivity contribution < 1.29 is 8.42 Å². The molecule has 1 saturated heterocycles. The Hall–Kier alpha value is -0.130. The summed E-state index contributed by atoms with van der Waals surface area (Å²) in [6.07, 6.45) is 7.51. The molecule has 15 heavy (non-hydrogen) atoms. The maximum atomic E-state index is 12.0. The Morgan fingerprint density at radius 1 is 0.933 bits per heavy atom. The van der Waals surface area contributed by atoms with Gasteiger partial charge in [0.15, 0.2) is 0 Å². The van der Waals surface area contributed by atoms with Crippen molar-refractivity contribution in [3.05, 3.63) is 0 Å². The summed E-state index contributed by atoms with van der Waals surface area (Å²) in [5.41, 5.74) is 0. The molecule has 0 amide bonds. The maximum absolute atomic E-state index is 12.0. The molecule has 1 aliphatic carbocycles. The molecule has 2 fully saturated rings. The molecule has 5 heteroatoms. The van der Waals surface area contributed by atoms with E-state index in [1.54, 1.807) is 4.31 Å². The lowest BCUT2D eigenvalue weighted by molar-refractivity contribution is 0.338. The van der Waals surface area contributed by atoms with Crippen LogP contribution in [0.4, 0.5) is 0 Å². The summed E-state index contributed by atoms with van der Waals surface area (Å²) >= 11 is 0. The SMILES string of the molecule is O=S(=O)(NC1CCCC1)N1CCCCC1. The minimum Gasteiger partial charge on any atom is -0.199 e. The standard InChI is InChI=1S/C10H20N2O2S/c13-15(14,11-10-6-2-3-7-10)12-8-4-1-5-9-12/h10-11H,1-9H2. The van der Waals surface area contributed by atoms with E-state index in [0.29, 0.717) is 13.1 Å². The molecule has 0 spiro atoms. The highest BCUT2D eigenvalue weighted by molar-refractivity contribution is 7.87. The predicted molar refractivity (Wildman–Crippen MR) is 59.7 cm³/mol. The average molecular weight is 232 g/mol. The van der Waals surface area contributed by atoms with Gasteiger partial charge in [-0.3, -0.25) is 0 Å². The molecule has 1 heterocycles. The Labute approximate surface area is 92.2 Å². The summed E-state index contributed by atoms with van der Waals surface area (Å²) in [4.78, 5) is 0. The first-order valence-electron chi connectivity index (χ1n) is 5.96. The molecule has 2 rings (SSSR count). The second-order valence-electron chi connectivity index (χ2n) is 4.56. The monoisotopic (exact) mass is 232 g/mol. The van der Waals surface area contributed by atoms with Crippen molar-refractivity contribution in [1.29, 1.82) is 0 Å². The van der Waals surface area contributed by atoms with E-state index in [9.17, 15) is 8.42 Å². The van der Waals surface area contributed by atoms with Gasteiger partial charge in [0.1, 0.15) is 0 Å². The fraction of sp³-hybridized carbons (Fsp3) is 1.00. The summed E-state index contributed by atoms with van der Waals surface area (Å²) in [6.45, 7) is 1.39. The smallest absolute Gasteiger partial charge is 0.199 e. The van der Waals surface area contributed by atoms with E-state index in [0.717, 1.165) is 44.9 Å². The molecular weight excluding hydrogens is 212 g/mol. The lowest BCUT2D eigenvalue weighted by Crippen LogP contribution is -2.46. The molecular formula is C10H20N2O2S. The largest absolute Gasteiger partial charge is 0.279 e. The topological polar surface area (TPSA) is 49.4 Å². The van der Waals surface area contributed by atoms with Gasteiger partial charge in [-0.15, -0.1) is 0 Å². The minimum atomic E-state index is -3.18. The van der Waals surface area contributed by atoms with Gasteiger partial charge in [0.05, 0.1) is 0 Å². The third kappa shape index (κ3) is 2.92. The molecule has 0 bridgehead atoms. The van der Waals surface area contributed by atoms with Crippen LogP contribution in [0, 0.1) is 0 Å². The van der Waals surface area contributed by atoms with Crippen LogP contribution in [0.5, 0.6) is 0 Å². The first kappa shape index (κ1) is 11.4. The minimum absolute atomic E-state index is 0.192. The van der Waals surface area contributed by atoms with Crippen molar-refractivity contribution in [1.82, 2.24) is 9.03 Å². The molecule has 0 atom stereocenters. The predicted octanol–water partition coefficient (Wildman–Crippen LogP) is 1.25. The van der Waals surface area contributed by atoms with Crippen LogP contribution in [0.1, 0.15) is 44.9 Å². The van der Waals surface area contributed by atoms with E-state index in [-0.39, 0.29) is 6.04 Å². The second kappa shape index (κ2) is 4.80. The van der Waals surface area contributed by atoms with Crippen LogP contribution in [0.25, 0.3) is 0 Å². The molecule has 0 unspecified atom stereocenters. The van der Waals surface area contributed by atoms with Crippen LogP contribution < -0.4 is 4.72 Å². The summed E-state index contributed by atoms with van der Waals surface area (Å²) in [5, 5.41) is 0. The average Bonchev–Trinajstić information content (AvgIpc) is 2.71. The van der Waals surface area contributed by atoms with Gasteiger partial charge in [-0.1, -0.05) is 19.3 Å². The Morgan fingerprint density at radius 2 is 1.53 bits per heavy atom. The first-order chi connectivity index (χ1) is 7.18. The lowest BCUT2D eigenvalue weighted by Gasteiger charge is -2.27. The van der Waals surface area contributed by atoms with Gasteiger partial charge in [-0.05, 0) is 25.7 Å². The first-order valence-corrected chi connectivity index (χ1v) is 7.40. The summed E-state index contributed by atoms with van der Waals surface area (Å²) in [7, 11) is -3.18. The number of hydrogen-bond donors (Lipinski definition) is 1. The highest BCUT2D eigenvalue weighted by Crippen LogP contribution is 2.20. The Kier molecular flexibility index (Phi) is 3.64. The zero-order chi connectivity index (χ0) is 10.7. The fourth-order valence-electron chi connectivity index (χ4n) is 2.43. The zero-order valence-electron chi connectivity index (χ0n) is 9.11. The Morgan fingerprint density at radius 3 is 2.13 bits per heavy atom. The Bertz CT molecular complexity index is 291. The molecule has 0 aromatic heterocycles. The van der Waals surface area contributed by atoms with E-state index in [2.05, 4.69) is 4.72 Å². The number of piperidine rings is 1. The number of rotatable bonds is 3. The fourth-order valence-corrected chi connectivity index (χ4v) is 3.98. The molecule has 0 aromatic rings. The van der Waals surface area contributed by atoms with Crippen molar-refractivity contribution >= 4 is 10.2 Å². The normalized spacial score (nSPS) is 25.9. The van der Waals surface area contributed by atoms with E-state index in [1.165, 1.54) is 0 Å². The van der Waals surface area contributed by atoms with Gasteiger partial charge in [-0.25, -0.2) is 0 Å². The van der Waals surface area contributed by atoms with Crippen LogP contribution in [0.3, 0.4) is 0 Å². The van der Waals surface area contributed by atoms with E-state index in [1.807, 2.05) is 0 Å². The van der Waals surface area contributed by atoms with Gasteiger partial charge < -0.3 is 0 Å². The summed E-state index contributed by atoms with van der Waals surface area (Å²) in [6, 6.07) is 0.192. The van der Waals surface area contributed by atoms with Gasteiger partial charge >= 0.3 is 0 Å². The van der Waals surface area contributed by atoms with Gasteiger partial charge in [0.25, 0.3) is 10.2 Å². The highest BCUT2D eigenvalue weighted by Gasteiger charge is 2.27. The number of hydrogen-bond acceptors (Lipinski definition) is 2. The maximum Gasteiger partial charge on any atom is 0.279 e. The van der Waals surface area contributed by atoms with Crippen LogP contribution in [-0.2, 0) is 10.2 Å². The number of nitrogens with zero attached hydrogens (tertiary/aromatic N) is 1. The van der Waals surface area contributed by atoms with Crippen molar-refractivity contribution in [2.75, 3.05) is 13.1 Å². The van der Waals surface area contributed by atoms with E-state index in [4.69, 9.17) is 0 Å². The molecule has 1 aliphatic heterocycles. The third-order valence-corrected chi connectivity index (χ3v) is 5.00. The summed E-state index contributed by atoms with van der Waals surface area (Å²) < 4.78 is 28.3. The molecule has 0 radical (unpaired) electrons. The van der Waals surface area contributed by atoms with Gasteiger partial charge in [-0.2, -0.15) is 17.4 Å². The Balaban J connectivity index is 1.92. The van der Waals surface area contributed by atoms with Gasteiger partial charge in [0, 0.05) is 19.1 Å². The third-order valence-electron chi connectivity index (χ3n) is 3.33. The van der Waals surface area contributed by atoms with Crippen molar-refractivity contribution in [3.8, 4) is 0 Å².